The molecule has 0 aliphatic carbocycles. The van der Waals surface area contributed by atoms with E-state index in [2.05, 4.69) is 0 Å². The molecule has 176 valence electrons. The number of carbonyl (C=O) groups is 2. The molecule has 2 saturated heterocycles. The van der Waals surface area contributed by atoms with Crippen LogP contribution in [0.1, 0.15) is 42.5 Å². The number of amides is 2. The zero-order valence-corrected chi connectivity index (χ0v) is 19.8. The smallest absolute Gasteiger partial charge is 0.253 e. The van der Waals surface area contributed by atoms with Gasteiger partial charge in [-0.15, -0.1) is 0 Å². The highest BCUT2D eigenvalue weighted by atomic mass is 35.5. The summed E-state index contributed by atoms with van der Waals surface area (Å²) in [5.41, 5.74) is 0.330. The molecule has 2 fully saturated rings. The molecular formula is C25H27Cl2FN2O3. The summed E-state index contributed by atoms with van der Waals surface area (Å²) < 4.78 is 19.8. The Morgan fingerprint density at radius 3 is 2.52 bits per heavy atom. The van der Waals surface area contributed by atoms with Crippen LogP contribution in [0.15, 0.2) is 42.5 Å². The Kier molecular flexibility index (Phi) is 7.76. The maximum absolute atomic E-state index is 13.5. The summed E-state index contributed by atoms with van der Waals surface area (Å²) in [4.78, 5) is 29.8. The summed E-state index contributed by atoms with van der Waals surface area (Å²) in [6, 6.07) is 11.2. The molecule has 2 aromatic carbocycles. The van der Waals surface area contributed by atoms with E-state index in [1.54, 1.807) is 17.0 Å². The van der Waals surface area contributed by atoms with Crippen molar-refractivity contribution in [2.24, 2.45) is 5.92 Å². The second kappa shape index (κ2) is 10.7. The third-order valence-electron chi connectivity index (χ3n) is 6.35. The van der Waals surface area contributed by atoms with Crippen LogP contribution in [0.3, 0.4) is 0 Å². The average Bonchev–Trinajstić information content (AvgIpc) is 2.82. The lowest BCUT2D eigenvalue weighted by Gasteiger charge is -2.39. The number of hydrogen-bond acceptors (Lipinski definition) is 3. The van der Waals surface area contributed by atoms with Gasteiger partial charge in [-0.25, -0.2) is 4.39 Å². The van der Waals surface area contributed by atoms with E-state index in [1.807, 2.05) is 17.0 Å². The highest BCUT2D eigenvalue weighted by Gasteiger charge is 2.36. The molecule has 2 aromatic rings. The fourth-order valence-corrected chi connectivity index (χ4v) is 4.93. The third kappa shape index (κ3) is 5.98. The minimum atomic E-state index is -0.563. The maximum Gasteiger partial charge on any atom is 0.253 e. The van der Waals surface area contributed by atoms with Crippen molar-refractivity contribution in [3.63, 3.8) is 0 Å². The van der Waals surface area contributed by atoms with Gasteiger partial charge in [-0.3, -0.25) is 9.59 Å². The number of ether oxygens (including phenoxy) is 1. The van der Waals surface area contributed by atoms with Gasteiger partial charge in [-0.1, -0.05) is 29.3 Å². The second-order valence-corrected chi connectivity index (χ2v) is 9.53. The Balaban J connectivity index is 1.50. The Morgan fingerprint density at radius 1 is 1.00 bits per heavy atom. The standard InChI is InChI=1S/C25H27Cl2FN2O3/c26-19-5-4-6-20(15-19)33-23-9-12-30(25(32)17-7-8-22(28)21(27)13-17)16-18(23)14-24(31)29-10-2-1-3-11-29/h4-8,13,15,18,23H,1-3,9-12,14,16H2/t18-,23-/m0/s1. The molecule has 2 aliphatic heterocycles. The largest absolute Gasteiger partial charge is 0.490 e. The number of benzene rings is 2. The van der Waals surface area contributed by atoms with E-state index in [4.69, 9.17) is 27.9 Å². The van der Waals surface area contributed by atoms with Crippen molar-refractivity contribution in [2.75, 3.05) is 26.2 Å². The molecular weight excluding hydrogens is 466 g/mol. The first kappa shape index (κ1) is 23.8. The van der Waals surface area contributed by atoms with E-state index in [1.165, 1.54) is 18.2 Å². The molecule has 0 radical (unpaired) electrons. The monoisotopic (exact) mass is 492 g/mol. The molecule has 33 heavy (non-hydrogen) atoms. The van der Waals surface area contributed by atoms with Crippen LogP contribution >= 0.6 is 23.2 Å². The number of likely N-dealkylation sites (tertiary alicyclic amines) is 2. The predicted octanol–water partition coefficient (Wildman–Crippen LogP) is 5.44. The molecule has 0 bridgehead atoms. The van der Waals surface area contributed by atoms with Crippen LogP contribution in [0.2, 0.25) is 10.0 Å². The van der Waals surface area contributed by atoms with Gasteiger partial charge in [0.1, 0.15) is 17.7 Å². The van der Waals surface area contributed by atoms with E-state index >= 15 is 0 Å². The Bertz CT molecular complexity index is 1010. The van der Waals surface area contributed by atoms with Crippen molar-refractivity contribution in [1.82, 2.24) is 9.80 Å². The summed E-state index contributed by atoms with van der Waals surface area (Å²) in [5, 5.41) is 0.492. The lowest BCUT2D eigenvalue weighted by Crippen LogP contribution is -2.50. The quantitative estimate of drug-likeness (QED) is 0.557. The third-order valence-corrected chi connectivity index (χ3v) is 6.87. The average molecular weight is 493 g/mol. The van der Waals surface area contributed by atoms with Gasteiger partial charge in [-0.2, -0.15) is 0 Å². The Morgan fingerprint density at radius 2 is 1.79 bits per heavy atom. The van der Waals surface area contributed by atoms with Gasteiger partial charge in [0.15, 0.2) is 0 Å². The minimum Gasteiger partial charge on any atom is -0.490 e. The van der Waals surface area contributed by atoms with Crippen LogP contribution in [0.4, 0.5) is 4.39 Å². The van der Waals surface area contributed by atoms with Gasteiger partial charge < -0.3 is 14.5 Å². The normalized spacial score (nSPS) is 21.1. The van der Waals surface area contributed by atoms with Gasteiger partial charge in [0, 0.05) is 55.5 Å². The van der Waals surface area contributed by atoms with Crippen molar-refractivity contribution in [3.05, 3.63) is 63.9 Å². The van der Waals surface area contributed by atoms with Gasteiger partial charge in [0.05, 0.1) is 5.02 Å². The van der Waals surface area contributed by atoms with E-state index in [0.717, 1.165) is 32.4 Å². The van der Waals surface area contributed by atoms with Gasteiger partial charge in [0.2, 0.25) is 5.91 Å². The molecule has 5 nitrogen and oxygen atoms in total. The van der Waals surface area contributed by atoms with E-state index in [9.17, 15) is 14.0 Å². The molecule has 4 rings (SSSR count). The molecule has 0 N–H and O–H groups in total. The highest BCUT2D eigenvalue weighted by Crippen LogP contribution is 2.29. The van der Waals surface area contributed by atoms with Crippen molar-refractivity contribution in [1.29, 1.82) is 0 Å². The maximum atomic E-state index is 13.5. The van der Waals surface area contributed by atoms with Crippen molar-refractivity contribution < 1.29 is 18.7 Å². The molecule has 2 aliphatic rings. The fraction of sp³-hybridized carbons (Fsp3) is 0.440. The highest BCUT2D eigenvalue weighted by molar-refractivity contribution is 6.31. The first-order valence-electron chi connectivity index (χ1n) is 11.3. The number of halogens is 3. The van der Waals surface area contributed by atoms with Crippen LogP contribution < -0.4 is 4.74 Å². The van der Waals surface area contributed by atoms with Crippen LogP contribution in [-0.2, 0) is 4.79 Å². The Hall–Kier alpha value is -2.31. The summed E-state index contributed by atoms with van der Waals surface area (Å²) in [6.07, 6.45) is 3.85. The van der Waals surface area contributed by atoms with Crippen LogP contribution in [-0.4, -0.2) is 53.9 Å². The molecule has 0 spiro atoms. The zero-order chi connectivity index (χ0) is 23.4. The number of carbonyl (C=O) groups excluding carboxylic acids is 2. The first-order chi connectivity index (χ1) is 15.9. The van der Waals surface area contributed by atoms with Crippen molar-refractivity contribution >= 4 is 35.0 Å². The number of nitrogens with zero attached hydrogens (tertiary/aromatic N) is 2. The Labute approximate surface area is 203 Å². The minimum absolute atomic E-state index is 0.0862. The number of rotatable bonds is 5. The van der Waals surface area contributed by atoms with E-state index in [-0.39, 0.29) is 28.9 Å². The lowest BCUT2D eigenvalue weighted by atomic mass is 9.90. The van der Waals surface area contributed by atoms with Crippen LogP contribution in [0.25, 0.3) is 0 Å². The van der Waals surface area contributed by atoms with Crippen molar-refractivity contribution in [3.8, 4) is 5.75 Å². The predicted molar refractivity (Wildman–Crippen MR) is 126 cm³/mol. The fourth-order valence-electron chi connectivity index (χ4n) is 4.57. The molecule has 0 unspecified atom stereocenters. The molecule has 2 amide bonds. The topological polar surface area (TPSA) is 49.9 Å². The number of hydrogen-bond donors (Lipinski definition) is 0. The van der Waals surface area contributed by atoms with E-state index in [0.29, 0.717) is 42.3 Å². The summed E-state index contributed by atoms with van der Waals surface area (Å²) in [6.45, 7) is 2.40. The summed E-state index contributed by atoms with van der Waals surface area (Å²) in [7, 11) is 0. The SMILES string of the molecule is O=C(C[C@H]1CN(C(=O)c2ccc(F)c(Cl)c2)CC[C@@H]1Oc1cccc(Cl)c1)N1CCCCC1. The van der Waals surface area contributed by atoms with Gasteiger partial charge in [-0.05, 0) is 55.7 Å². The van der Waals surface area contributed by atoms with E-state index < -0.39 is 5.82 Å². The van der Waals surface area contributed by atoms with Crippen LogP contribution in [0.5, 0.6) is 5.75 Å². The van der Waals surface area contributed by atoms with Crippen molar-refractivity contribution in [2.45, 2.75) is 38.2 Å². The molecule has 2 heterocycles. The molecule has 8 heteroatoms. The molecule has 0 aromatic heterocycles. The summed E-state index contributed by atoms with van der Waals surface area (Å²) >= 11 is 12.0. The number of piperidine rings is 2. The first-order valence-corrected chi connectivity index (χ1v) is 12.1. The molecule has 2 atom stereocenters. The second-order valence-electron chi connectivity index (χ2n) is 8.69. The zero-order valence-electron chi connectivity index (χ0n) is 18.3. The molecule has 0 saturated carbocycles. The summed E-state index contributed by atoms with van der Waals surface area (Å²) in [5.74, 6) is -0.223. The van der Waals surface area contributed by atoms with Gasteiger partial charge >= 0.3 is 0 Å². The van der Waals surface area contributed by atoms with Gasteiger partial charge in [0.25, 0.3) is 5.91 Å². The van der Waals surface area contributed by atoms with Crippen LogP contribution in [0, 0.1) is 11.7 Å². The lowest BCUT2D eigenvalue weighted by molar-refractivity contribution is -0.134.